The van der Waals surface area contributed by atoms with Gasteiger partial charge in [-0.1, -0.05) is 24.3 Å². The number of imidazole rings is 1. The zero-order valence-corrected chi connectivity index (χ0v) is 12.5. The second-order valence-corrected chi connectivity index (χ2v) is 5.31. The number of H-pyrrole nitrogens is 1. The van der Waals surface area contributed by atoms with Crippen LogP contribution in [0.5, 0.6) is 0 Å². The fourth-order valence-electron chi connectivity index (χ4n) is 2.70. The van der Waals surface area contributed by atoms with Crippen LogP contribution in [0.3, 0.4) is 0 Å². The van der Waals surface area contributed by atoms with E-state index in [-0.39, 0.29) is 6.03 Å². The number of carbonyl (C=O) groups is 1. The summed E-state index contributed by atoms with van der Waals surface area (Å²) in [5.41, 5.74) is 3.43. The number of para-hydroxylation sites is 3. The zero-order chi connectivity index (χ0) is 15.8. The van der Waals surface area contributed by atoms with Gasteiger partial charge in [0.15, 0.2) is 0 Å². The number of nitrogens with one attached hydrogen (secondary N) is 3. The molecule has 0 unspecified atom stereocenters. The first kappa shape index (κ1) is 13.4. The predicted molar refractivity (Wildman–Crippen MR) is 91.7 cm³/mol. The van der Waals surface area contributed by atoms with Crippen molar-refractivity contribution in [1.29, 1.82) is 0 Å². The van der Waals surface area contributed by atoms with Gasteiger partial charge in [-0.3, -0.25) is 5.32 Å². The Labute approximate surface area is 132 Å². The molecule has 0 spiro atoms. The molecule has 0 saturated carbocycles. The maximum Gasteiger partial charge on any atom is 0.326 e. The molecule has 0 radical (unpaired) electrons. The van der Waals surface area contributed by atoms with Crippen molar-refractivity contribution in [3.8, 4) is 0 Å². The molecule has 6 heteroatoms. The number of anilines is 2. The van der Waals surface area contributed by atoms with E-state index >= 15 is 0 Å². The molecular formula is C17H15N5O. The van der Waals surface area contributed by atoms with Gasteiger partial charge in [0.25, 0.3) is 0 Å². The molecule has 4 aromatic rings. The van der Waals surface area contributed by atoms with Crippen molar-refractivity contribution in [3.63, 3.8) is 0 Å². The average molecular weight is 305 g/mol. The Kier molecular flexibility index (Phi) is 3.01. The summed E-state index contributed by atoms with van der Waals surface area (Å²) < 4.78 is 1.85. The lowest BCUT2D eigenvalue weighted by Crippen LogP contribution is -2.21. The number of hydrogen-bond donors (Lipinski definition) is 3. The van der Waals surface area contributed by atoms with Crippen molar-refractivity contribution >= 4 is 39.6 Å². The van der Waals surface area contributed by atoms with E-state index in [1.165, 1.54) is 0 Å². The van der Waals surface area contributed by atoms with Crippen LogP contribution in [0.2, 0.25) is 0 Å². The molecule has 0 aliphatic rings. The molecule has 3 N–H and O–H groups in total. The summed E-state index contributed by atoms with van der Waals surface area (Å²) in [5, 5.41) is 6.70. The van der Waals surface area contributed by atoms with Crippen molar-refractivity contribution in [3.05, 3.63) is 54.7 Å². The Bertz CT molecular complexity index is 1010. The maximum absolute atomic E-state index is 12.3. The first-order valence-electron chi connectivity index (χ1n) is 7.28. The number of fused-ring (bicyclic) bond motifs is 2. The van der Waals surface area contributed by atoms with E-state index in [2.05, 4.69) is 20.6 Å². The molecular weight excluding hydrogens is 290 g/mol. The number of amides is 2. The minimum Gasteiger partial charge on any atom is -0.359 e. The fraction of sp³-hybridized carbons (Fsp3) is 0.0588. The van der Waals surface area contributed by atoms with Crippen LogP contribution >= 0.6 is 0 Å². The van der Waals surface area contributed by atoms with E-state index in [9.17, 15) is 4.79 Å². The standard InChI is InChI=1S/C17H15N5O/c1-22-14-8-3-2-6-12(14)19-16(22)21-17(23)20-13-7-4-5-11-9-10-18-15(11)13/h2-10,18H,1H3,(H2,19,20,21,23). The van der Waals surface area contributed by atoms with Gasteiger partial charge in [-0.15, -0.1) is 0 Å². The minimum atomic E-state index is -0.328. The highest BCUT2D eigenvalue weighted by molar-refractivity contribution is 6.05. The molecule has 2 amide bonds. The number of urea groups is 1. The van der Waals surface area contributed by atoms with Gasteiger partial charge in [0.1, 0.15) is 0 Å². The average Bonchev–Trinajstić information content (AvgIpc) is 3.14. The van der Waals surface area contributed by atoms with Gasteiger partial charge in [-0.2, -0.15) is 0 Å². The molecule has 0 atom stereocenters. The SMILES string of the molecule is Cn1c(NC(=O)Nc2cccc3cc[nH]c23)nc2ccccc21. The van der Waals surface area contributed by atoms with Crippen LogP contribution in [-0.2, 0) is 7.05 Å². The molecule has 0 bridgehead atoms. The number of aryl methyl sites for hydroxylation is 1. The van der Waals surface area contributed by atoms with Crippen LogP contribution in [0.25, 0.3) is 21.9 Å². The van der Waals surface area contributed by atoms with Crippen molar-refractivity contribution < 1.29 is 4.79 Å². The Morgan fingerprint density at radius 3 is 2.83 bits per heavy atom. The Hall–Kier alpha value is -3.28. The maximum atomic E-state index is 12.3. The summed E-state index contributed by atoms with van der Waals surface area (Å²) in [5.74, 6) is 0.502. The molecule has 0 aliphatic carbocycles. The van der Waals surface area contributed by atoms with Crippen LogP contribution < -0.4 is 10.6 Å². The third-order valence-electron chi connectivity index (χ3n) is 3.85. The summed E-state index contributed by atoms with van der Waals surface area (Å²) in [6, 6.07) is 15.1. The van der Waals surface area contributed by atoms with Gasteiger partial charge in [-0.05, 0) is 24.3 Å². The lowest BCUT2D eigenvalue weighted by Gasteiger charge is -2.08. The number of benzene rings is 2. The molecule has 23 heavy (non-hydrogen) atoms. The Balaban J connectivity index is 1.60. The Morgan fingerprint density at radius 2 is 1.96 bits per heavy atom. The summed E-state index contributed by atoms with van der Waals surface area (Å²) >= 11 is 0. The highest BCUT2D eigenvalue weighted by Gasteiger charge is 2.11. The third-order valence-corrected chi connectivity index (χ3v) is 3.85. The zero-order valence-electron chi connectivity index (χ0n) is 12.5. The summed E-state index contributed by atoms with van der Waals surface area (Å²) in [7, 11) is 1.87. The van der Waals surface area contributed by atoms with E-state index in [0.717, 1.165) is 27.6 Å². The van der Waals surface area contributed by atoms with Crippen LogP contribution in [-0.4, -0.2) is 20.6 Å². The van der Waals surface area contributed by atoms with Gasteiger partial charge in [0.05, 0.1) is 22.2 Å². The van der Waals surface area contributed by atoms with E-state index in [4.69, 9.17) is 0 Å². The molecule has 4 rings (SSSR count). The largest absolute Gasteiger partial charge is 0.359 e. The van der Waals surface area contributed by atoms with E-state index in [0.29, 0.717) is 5.95 Å². The number of aromatic amines is 1. The topological polar surface area (TPSA) is 74.7 Å². The molecule has 6 nitrogen and oxygen atoms in total. The van der Waals surface area contributed by atoms with Crippen LogP contribution in [0.1, 0.15) is 0 Å². The summed E-state index contributed by atoms with van der Waals surface area (Å²) in [6.07, 6.45) is 1.85. The predicted octanol–water partition coefficient (Wildman–Crippen LogP) is 3.70. The number of rotatable bonds is 2. The number of nitrogens with zero attached hydrogens (tertiary/aromatic N) is 2. The highest BCUT2D eigenvalue weighted by Crippen LogP contribution is 2.22. The van der Waals surface area contributed by atoms with Gasteiger partial charge in [-0.25, -0.2) is 9.78 Å². The minimum absolute atomic E-state index is 0.328. The van der Waals surface area contributed by atoms with Crippen LogP contribution in [0.4, 0.5) is 16.4 Å². The lowest BCUT2D eigenvalue weighted by molar-refractivity contribution is 0.262. The van der Waals surface area contributed by atoms with Gasteiger partial charge in [0.2, 0.25) is 5.95 Å². The summed E-state index contributed by atoms with van der Waals surface area (Å²) in [6.45, 7) is 0. The quantitative estimate of drug-likeness (QED) is 0.528. The van der Waals surface area contributed by atoms with E-state index in [1.807, 2.05) is 66.3 Å². The van der Waals surface area contributed by atoms with Crippen molar-refractivity contribution in [2.75, 3.05) is 10.6 Å². The number of carbonyl (C=O) groups excluding carboxylic acids is 1. The van der Waals surface area contributed by atoms with Gasteiger partial charge < -0.3 is 14.9 Å². The van der Waals surface area contributed by atoms with E-state index in [1.54, 1.807) is 0 Å². The highest BCUT2D eigenvalue weighted by atomic mass is 16.2. The smallest absolute Gasteiger partial charge is 0.326 e. The van der Waals surface area contributed by atoms with Crippen molar-refractivity contribution in [2.45, 2.75) is 0 Å². The molecule has 2 aromatic heterocycles. The summed E-state index contributed by atoms with van der Waals surface area (Å²) in [4.78, 5) is 19.8. The first-order valence-corrected chi connectivity index (χ1v) is 7.28. The lowest BCUT2D eigenvalue weighted by atomic mass is 10.2. The van der Waals surface area contributed by atoms with Gasteiger partial charge in [0, 0.05) is 18.6 Å². The second-order valence-electron chi connectivity index (χ2n) is 5.31. The number of hydrogen-bond acceptors (Lipinski definition) is 2. The fourth-order valence-corrected chi connectivity index (χ4v) is 2.70. The molecule has 2 heterocycles. The molecule has 0 aliphatic heterocycles. The third kappa shape index (κ3) is 2.30. The van der Waals surface area contributed by atoms with E-state index < -0.39 is 0 Å². The molecule has 2 aromatic carbocycles. The number of aromatic nitrogens is 3. The van der Waals surface area contributed by atoms with Crippen molar-refractivity contribution in [2.24, 2.45) is 7.05 Å². The first-order chi connectivity index (χ1) is 11.2. The molecule has 114 valence electrons. The molecule has 0 saturated heterocycles. The van der Waals surface area contributed by atoms with Crippen LogP contribution in [0.15, 0.2) is 54.7 Å². The normalized spacial score (nSPS) is 11.0. The van der Waals surface area contributed by atoms with Gasteiger partial charge >= 0.3 is 6.03 Å². The monoisotopic (exact) mass is 305 g/mol. The van der Waals surface area contributed by atoms with Crippen molar-refractivity contribution in [1.82, 2.24) is 14.5 Å². The van der Waals surface area contributed by atoms with Crippen LogP contribution in [0, 0.1) is 0 Å². The molecule has 0 fully saturated rings. The Morgan fingerprint density at radius 1 is 1.09 bits per heavy atom. The second kappa shape index (κ2) is 5.17.